The van der Waals surface area contributed by atoms with Gasteiger partial charge in [0.1, 0.15) is 29.7 Å². The molecule has 1 N–H and O–H groups in total. The fourth-order valence-electron chi connectivity index (χ4n) is 6.60. The van der Waals surface area contributed by atoms with Gasteiger partial charge in [0.15, 0.2) is 0 Å². The minimum atomic E-state index is -1.23. The predicted octanol–water partition coefficient (Wildman–Crippen LogP) is 7.25. The van der Waals surface area contributed by atoms with Gasteiger partial charge in [-0.25, -0.2) is 9.59 Å². The van der Waals surface area contributed by atoms with E-state index in [4.69, 9.17) is 23.7 Å². The Morgan fingerprint density at radius 1 is 0.891 bits per heavy atom. The molecule has 1 spiro atoms. The molecule has 236 valence electrons. The fraction of sp³-hybridized carbons (Fsp3) is 0.316. The van der Waals surface area contributed by atoms with Crippen LogP contribution in [-0.2, 0) is 42.6 Å². The van der Waals surface area contributed by atoms with E-state index in [0.29, 0.717) is 11.5 Å². The Labute approximate surface area is 268 Å². The van der Waals surface area contributed by atoms with Gasteiger partial charge in [0, 0.05) is 5.92 Å². The third kappa shape index (κ3) is 5.42. The zero-order valence-corrected chi connectivity index (χ0v) is 26.4. The van der Waals surface area contributed by atoms with Gasteiger partial charge >= 0.3 is 12.1 Å². The molecule has 2 aliphatic heterocycles. The molecule has 0 saturated carbocycles. The molecule has 3 aliphatic rings. The van der Waals surface area contributed by atoms with Gasteiger partial charge in [0.05, 0.1) is 23.8 Å². The van der Waals surface area contributed by atoms with Crippen molar-refractivity contribution in [1.82, 2.24) is 5.32 Å². The van der Waals surface area contributed by atoms with Crippen molar-refractivity contribution >= 4 is 12.1 Å². The summed E-state index contributed by atoms with van der Waals surface area (Å²) in [6.07, 6.45) is -0.512. The van der Waals surface area contributed by atoms with Crippen LogP contribution >= 0.6 is 0 Å². The van der Waals surface area contributed by atoms with Gasteiger partial charge in [0.2, 0.25) is 5.79 Å². The number of carbonyl (C=O) groups excluding carboxylic acids is 2. The van der Waals surface area contributed by atoms with Crippen molar-refractivity contribution in [3.05, 3.63) is 119 Å². The van der Waals surface area contributed by atoms with Crippen LogP contribution in [0.15, 0.2) is 91.0 Å². The molecular weight excluding hydrogens is 582 g/mol. The van der Waals surface area contributed by atoms with Crippen LogP contribution < -0.4 is 10.1 Å². The highest BCUT2D eigenvalue weighted by Gasteiger charge is 2.53. The third-order valence-corrected chi connectivity index (χ3v) is 8.82. The highest BCUT2D eigenvalue weighted by atomic mass is 16.7. The van der Waals surface area contributed by atoms with E-state index in [0.717, 1.165) is 34.2 Å². The average molecular weight is 620 g/mol. The van der Waals surface area contributed by atoms with Crippen LogP contribution in [0.3, 0.4) is 0 Å². The lowest BCUT2D eigenvalue weighted by atomic mass is 9.92. The Morgan fingerprint density at radius 3 is 2.26 bits per heavy atom. The summed E-state index contributed by atoms with van der Waals surface area (Å²) in [5, 5.41) is 2.80. The molecule has 0 radical (unpaired) electrons. The van der Waals surface area contributed by atoms with E-state index in [1.807, 2.05) is 79.7 Å². The number of carbonyl (C=O) groups is 2. The molecule has 2 heterocycles. The summed E-state index contributed by atoms with van der Waals surface area (Å²) in [6, 6.07) is 28.5. The Hall–Kier alpha value is -4.66. The van der Waals surface area contributed by atoms with Crippen LogP contribution in [0.5, 0.6) is 11.5 Å². The number of para-hydroxylation sites is 2. The fourth-order valence-corrected chi connectivity index (χ4v) is 6.60. The summed E-state index contributed by atoms with van der Waals surface area (Å²) < 4.78 is 30.9. The molecule has 4 aromatic rings. The van der Waals surface area contributed by atoms with Crippen molar-refractivity contribution in [2.45, 2.75) is 64.3 Å². The van der Waals surface area contributed by atoms with Crippen LogP contribution in [0.4, 0.5) is 4.79 Å². The number of rotatable bonds is 6. The summed E-state index contributed by atoms with van der Waals surface area (Å²) >= 11 is 0. The van der Waals surface area contributed by atoms with E-state index >= 15 is 0 Å². The Bertz CT molecular complexity index is 1760. The number of hydrogen-bond donors (Lipinski definition) is 1. The van der Waals surface area contributed by atoms with Crippen molar-refractivity contribution in [3.63, 3.8) is 0 Å². The molecular formula is C38H37NO7. The smallest absolute Gasteiger partial charge is 0.408 e. The van der Waals surface area contributed by atoms with Crippen LogP contribution in [0.25, 0.3) is 11.1 Å². The van der Waals surface area contributed by atoms with Crippen molar-refractivity contribution < 1.29 is 33.3 Å². The van der Waals surface area contributed by atoms with Crippen molar-refractivity contribution in [3.8, 4) is 22.6 Å². The number of hydrogen-bond acceptors (Lipinski definition) is 7. The number of fused-ring (bicyclic) bond motifs is 7. The van der Waals surface area contributed by atoms with E-state index < -0.39 is 41.5 Å². The molecule has 4 aromatic carbocycles. The number of esters is 1. The lowest BCUT2D eigenvalue weighted by Gasteiger charge is -2.36. The van der Waals surface area contributed by atoms with E-state index in [-0.39, 0.29) is 13.2 Å². The van der Waals surface area contributed by atoms with Crippen molar-refractivity contribution in [1.29, 1.82) is 0 Å². The van der Waals surface area contributed by atoms with Crippen molar-refractivity contribution in [2.24, 2.45) is 5.92 Å². The molecule has 46 heavy (non-hydrogen) atoms. The lowest BCUT2D eigenvalue weighted by Crippen LogP contribution is -2.51. The number of alkyl carbamates (subject to hydrolysis) is 1. The molecule has 8 nitrogen and oxygen atoms in total. The zero-order chi connectivity index (χ0) is 32.1. The first-order chi connectivity index (χ1) is 22.1. The third-order valence-electron chi connectivity index (χ3n) is 8.82. The Balaban J connectivity index is 1.11. The lowest BCUT2D eigenvalue weighted by molar-refractivity contribution is -0.166. The second-order valence-electron chi connectivity index (χ2n) is 13.0. The summed E-state index contributed by atoms with van der Waals surface area (Å²) in [4.78, 5) is 26.9. The minimum Gasteiger partial charge on any atom is -0.458 e. The largest absolute Gasteiger partial charge is 0.458 e. The monoisotopic (exact) mass is 619 g/mol. The maximum absolute atomic E-state index is 13.6. The SMILES string of the molecule is C[C@@H]([C@@H]1COC2(O1)c1ccccc1Oc1ccccc12)[C@H](NC(=O)OCc1cccc2c1Cc1ccccc1-2)C(=O)OC(C)(C)C. The first-order valence-corrected chi connectivity index (χ1v) is 15.7. The number of amides is 1. The summed E-state index contributed by atoms with van der Waals surface area (Å²) in [5.41, 5.74) is 6.38. The maximum atomic E-state index is 13.6. The van der Waals surface area contributed by atoms with Gasteiger partial charge in [-0.05, 0) is 79.3 Å². The van der Waals surface area contributed by atoms with E-state index in [9.17, 15) is 9.59 Å². The van der Waals surface area contributed by atoms with Crippen LogP contribution in [0.2, 0.25) is 0 Å². The topological polar surface area (TPSA) is 92.3 Å². The zero-order valence-electron chi connectivity index (χ0n) is 26.4. The van der Waals surface area contributed by atoms with Crippen molar-refractivity contribution in [2.75, 3.05) is 6.61 Å². The highest BCUT2D eigenvalue weighted by molar-refractivity contribution is 5.82. The van der Waals surface area contributed by atoms with E-state index in [1.54, 1.807) is 20.8 Å². The summed E-state index contributed by atoms with van der Waals surface area (Å²) in [6.45, 7) is 7.46. The first kappa shape index (κ1) is 30.0. The molecule has 1 fully saturated rings. The molecule has 1 aliphatic carbocycles. The number of nitrogens with one attached hydrogen (secondary N) is 1. The van der Waals surface area contributed by atoms with Gasteiger partial charge in [-0.1, -0.05) is 73.7 Å². The molecule has 1 amide bonds. The molecule has 1 saturated heterocycles. The normalized spacial score (nSPS) is 18.3. The second-order valence-corrected chi connectivity index (χ2v) is 13.0. The second kappa shape index (κ2) is 11.6. The maximum Gasteiger partial charge on any atom is 0.408 e. The molecule has 0 bridgehead atoms. The Morgan fingerprint density at radius 2 is 1.54 bits per heavy atom. The van der Waals surface area contributed by atoms with E-state index in [1.165, 1.54) is 11.1 Å². The molecule has 7 rings (SSSR count). The van der Waals surface area contributed by atoms with Gasteiger partial charge in [-0.15, -0.1) is 0 Å². The van der Waals surface area contributed by atoms with Gasteiger partial charge in [0.25, 0.3) is 0 Å². The van der Waals surface area contributed by atoms with Gasteiger partial charge < -0.3 is 29.0 Å². The molecule has 0 aromatic heterocycles. The van der Waals surface area contributed by atoms with Gasteiger partial charge in [-0.2, -0.15) is 0 Å². The van der Waals surface area contributed by atoms with Crippen LogP contribution in [0.1, 0.15) is 55.5 Å². The van der Waals surface area contributed by atoms with E-state index in [2.05, 4.69) is 23.5 Å². The predicted molar refractivity (Wildman–Crippen MR) is 171 cm³/mol. The highest BCUT2D eigenvalue weighted by Crippen LogP contribution is 2.53. The van der Waals surface area contributed by atoms with Crippen LogP contribution in [0, 0.1) is 5.92 Å². The first-order valence-electron chi connectivity index (χ1n) is 15.7. The number of ether oxygens (including phenoxy) is 5. The molecule has 0 unspecified atom stereocenters. The Kier molecular flexibility index (Phi) is 7.57. The molecule has 8 heteroatoms. The number of benzene rings is 4. The average Bonchev–Trinajstić information content (AvgIpc) is 3.65. The van der Waals surface area contributed by atoms with Crippen LogP contribution in [-0.4, -0.2) is 36.4 Å². The summed E-state index contributed by atoms with van der Waals surface area (Å²) in [5.74, 6) is -1.08. The standard InChI is InChI=1S/C38H37NO7/c1-23(33-22-43-38(45-33)29-16-7-9-18-31(29)44-32-19-10-8-17-30(32)38)34(35(40)46-37(2,3)4)39-36(41)42-21-25-13-11-15-27-26-14-6-5-12-24(26)20-28(25)27/h5-19,23,33-34H,20-22H2,1-4H3,(H,39,41)/t23-,33-,34-/m0/s1. The van der Waals surface area contributed by atoms with Gasteiger partial charge in [-0.3, -0.25) is 0 Å². The molecule has 3 atom stereocenters. The summed E-state index contributed by atoms with van der Waals surface area (Å²) in [7, 11) is 0. The quantitative estimate of drug-likeness (QED) is 0.200. The minimum absolute atomic E-state index is 0.0676.